The van der Waals surface area contributed by atoms with Crippen molar-refractivity contribution >= 4 is 28.7 Å². The number of amides is 2. The Kier molecular flexibility index (Phi) is 5.83. The number of aromatic nitrogens is 2. The first-order valence-electron chi connectivity index (χ1n) is 8.37. The van der Waals surface area contributed by atoms with Crippen LogP contribution in [0.2, 0.25) is 0 Å². The van der Waals surface area contributed by atoms with Crippen molar-refractivity contribution in [2.45, 2.75) is 19.8 Å². The van der Waals surface area contributed by atoms with Gasteiger partial charge in [-0.15, -0.1) is 11.3 Å². The van der Waals surface area contributed by atoms with E-state index in [0.29, 0.717) is 19.8 Å². The second-order valence-electron chi connectivity index (χ2n) is 6.04. The molecule has 1 aliphatic rings. The second-order valence-corrected chi connectivity index (χ2v) is 7.30. The van der Waals surface area contributed by atoms with Crippen LogP contribution < -0.4 is 15.5 Å². The highest BCUT2D eigenvalue weighted by molar-refractivity contribution is 7.11. The van der Waals surface area contributed by atoms with E-state index in [1.54, 1.807) is 23.7 Å². The smallest absolute Gasteiger partial charge is 0.319 e. The van der Waals surface area contributed by atoms with Gasteiger partial charge in [-0.05, 0) is 13.0 Å². The summed E-state index contributed by atoms with van der Waals surface area (Å²) in [5.41, 5.74) is 1.68. The molecule has 25 heavy (non-hydrogen) atoms. The summed E-state index contributed by atoms with van der Waals surface area (Å²) in [5, 5.41) is 6.89. The number of hydrogen-bond donors (Lipinski definition) is 2. The van der Waals surface area contributed by atoms with Gasteiger partial charge in [0.1, 0.15) is 0 Å². The van der Waals surface area contributed by atoms with Crippen LogP contribution in [0.15, 0.2) is 24.7 Å². The molecule has 3 heterocycles. The molecule has 2 aromatic heterocycles. The molecule has 1 fully saturated rings. The van der Waals surface area contributed by atoms with Crippen molar-refractivity contribution in [3.63, 3.8) is 0 Å². The zero-order chi connectivity index (χ0) is 17.6. The van der Waals surface area contributed by atoms with E-state index in [1.165, 1.54) is 4.88 Å². The first-order valence-corrected chi connectivity index (χ1v) is 9.19. The number of carbonyl (C=O) groups is 1. The normalized spacial score (nSPS) is 15.7. The monoisotopic (exact) mass is 361 g/mol. The molecule has 0 unspecified atom stereocenters. The van der Waals surface area contributed by atoms with E-state index in [-0.39, 0.29) is 11.9 Å². The van der Waals surface area contributed by atoms with Crippen molar-refractivity contribution in [2.75, 3.05) is 43.1 Å². The number of ether oxygens (including phenoxy) is 1. The van der Waals surface area contributed by atoms with Crippen molar-refractivity contribution in [2.24, 2.45) is 0 Å². The minimum absolute atomic E-state index is 0.181. The molecule has 2 amide bonds. The number of morpholine rings is 1. The molecule has 134 valence electrons. The molecule has 1 saturated heterocycles. The van der Waals surface area contributed by atoms with Crippen LogP contribution in [0.5, 0.6) is 0 Å². The van der Waals surface area contributed by atoms with E-state index in [2.05, 4.69) is 32.4 Å². The van der Waals surface area contributed by atoms with Crippen molar-refractivity contribution < 1.29 is 9.53 Å². The molecule has 7 nitrogen and oxygen atoms in total. The number of nitrogens with zero attached hydrogens (tertiary/aromatic N) is 3. The topological polar surface area (TPSA) is 79.4 Å². The largest absolute Gasteiger partial charge is 0.378 e. The molecule has 1 aliphatic heterocycles. The Morgan fingerprint density at radius 3 is 2.92 bits per heavy atom. The lowest BCUT2D eigenvalue weighted by Gasteiger charge is -2.30. The number of pyridine rings is 1. The van der Waals surface area contributed by atoms with Crippen molar-refractivity contribution in [1.82, 2.24) is 15.3 Å². The van der Waals surface area contributed by atoms with E-state index in [4.69, 9.17) is 4.74 Å². The van der Waals surface area contributed by atoms with E-state index < -0.39 is 0 Å². The molecular formula is C17H23N5O2S. The zero-order valence-corrected chi connectivity index (χ0v) is 15.3. The highest BCUT2D eigenvalue weighted by Gasteiger charge is 2.17. The Hall–Kier alpha value is -2.19. The van der Waals surface area contributed by atoms with Gasteiger partial charge in [0.15, 0.2) is 0 Å². The van der Waals surface area contributed by atoms with E-state index in [0.717, 1.165) is 29.5 Å². The fraction of sp³-hybridized carbons (Fsp3) is 0.471. The number of hydrogen-bond acceptors (Lipinski definition) is 6. The van der Waals surface area contributed by atoms with Crippen molar-refractivity contribution in [3.8, 4) is 0 Å². The predicted molar refractivity (Wildman–Crippen MR) is 99.6 cm³/mol. The maximum Gasteiger partial charge on any atom is 0.319 e. The van der Waals surface area contributed by atoms with Crippen LogP contribution in [0.1, 0.15) is 22.7 Å². The summed E-state index contributed by atoms with van der Waals surface area (Å²) in [6, 6.07) is 1.60. The quantitative estimate of drug-likeness (QED) is 0.856. The first-order chi connectivity index (χ1) is 12.1. The van der Waals surface area contributed by atoms with E-state index >= 15 is 0 Å². The maximum absolute atomic E-state index is 12.3. The Balaban J connectivity index is 1.57. The van der Waals surface area contributed by atoms with Crippen LogP contribution in [0.3, 0.4) is 0 Å². The Morgan fingerprint density at radius 1 is 1.40 bits per heavy atom. The van der Waals surface area contributed by atoms with Gasteiger partial charge >= 0.3 is 6.03 Å². The van der Waals surface area contributed by atoms with Gasteiger partial charge < -0.3 is 20.3 Å². The van der Waals surface area contributed by atoms with Crippen molar-refractivity contribution in [1.29, 1.82) is 0 Å². The van der Waals surface area contributed by atoms with Crippen LogP contribution in [-0.2, 0) is 4.74 Å². The lowest BCUT2D eigenvalue weighted by Crippen LogP contribution is -2.37. The van der Waals surface area contributed by atoms with Crippen LogP contribution in [0, 0.1) is 6.92 Å². The Bertz CT molecular complexity index is 715. The Labute approximate surface area is 151 Å². The molecule has 2 N–H and O–H groups in total. The van der Waals surface area contributed by atoms with Gasteiger partial charge in [0.05, 0.1) is 35.8 Å². The number of carbonyl (C=O) groups excluding carboxylic acids is 1. The lowest BCUT2D eigenvalue weighted by molar-refractivity contribution is 0.122. The molecule has 0 saturated carbocycles. The van der Waals surface area contributed by atoms with Gasteiger partial charge in [-0.3, -0.25) is 4.98 Å². The standard InChI is InChI=1S/C17H23N5O2S/c1-12(16-19-10-13(2)25-16)9-20-17(23)21-14-3-4-18-11-15(14)22-5-7-24-8-6-22/h3-4,10-12H,5-9H2,1-2H3,(H2,18,20,21,23)/t12-/m0/s1. The summed E-state index contributed by atoms with van der Waals surface area (Å²) >= 11 is 1.66. The molecule has 0 spiro atoms. The van der Waals surface area contributed by atoms with Crippen molar-refractivity contribution in [3.05, 3.63) is 34.5 Å². The molecule has 3 rings (SSSR count). The van der Waals surface area contributed by atoms with Gasteiger partial charge in [0.2, 0.25) is 0 Å². The number of urea groups is 1. The number of rotatable bonds is 5. The number of nitrogens with one attached hydrogen (secondary N) is 2. The molecule has 1 atom stereocenters. The highest BCUT2D eigenvalue weighted by Crippen LogP contribution is 2.25. The lowest BCUT2D eigenvalue weighted by atomic mass is 10.2. The summed E-state index contributed by atoms with van der Waals surface area (Å²) in [7, 11) is 0. The predicted octanol–water partition coefficient (Wildman–Crippen LogP) is 2.61. The minimum Gasteiger partial charge on any atom is -0.378 e. The van der Waals surface area contributed by atoms with Gasteiger partial charge in [-0.25, -0.2) is 9.78 Å². The SMILES string of the molecule is Cc1cnc([C@@H](C)CNC(=O)Nc2ccncc2N2CCOCC2)s1. The fourth-order valence-electron chi connectivity index (χ4n) is 2.65. The number of thiazole rings is 1. The van der Waals surface area contributed by atoms with Gasteiger partial charge in [-0.2, -0.15) is 0 Å². The summed E-state index contributed by atoms with van der Waals surface area (Å²) in [6.07, 6.45) is 5.32. The van der Waals surface area contributed by atoms with Crippen LogP contribution in [-0.4, -0.2) is 48.8 Å². The molecule has 0 bridgehead atoms. The summed E-state index contributed by atoms with van der Waals surface area (Å²) in [6.45, 7) is 7.59. The third-order valence-corrected chi connectivity index (χ3v) is 5.17. The second kappa shape index (κ2) is 8.26. The number of anilines is 2. The Morgan fingerprint density at radius 2 is 2.20 bits per heavy atom. The van der Waals surface area contributed by atoms with Gasteiger partial charge in [0, 0.05) is 42.8 Å². The number of aryl methyl sites for hydroxylation is 1. The first kappa shape index (κ1) is 17.6. The van der Waals surface area contributed by atoms with Crippen LogP contribution >= 0.6 is 11.3 Å². The average molecular weight is 361 g/mol. The van der Waals surface area contributed by atoms with E-state index in [1.807, 2.05) is 19.2 Å². The molecule has 0 radical (unpaired) electrons. The van der Waals surface area contributed by atoms with Gasteiger partial charge in [-0.1, -0.05) is 6.92 Å². The molecule has 8 heteroatoms. The summed E-state index contributed by atoms with van der Waals surface area (Å²) in [4.78, 5) is 24.2. The molecule has 2 aromatic rings. The van der Waals surface area contributed by atoms with E-state index in [9.17, 15) is 4.79 Å². The third kappa shape index (κ3) is 4.67. The third-order valence-electron chi connectivity index (χ3n) is 4.03. The minimum atomic E-state index is -0.221. The van der Waals surface area contributed by atoms with Gasteiger partial charge in [0.25, 0.3) is 0 Å². The van der Waals surface area contributed by atoms with Crippen LogP contribution in [0.25, 0.3) is 0 Å². The summed E-state index contributed by atoms with van der Waals surface area (Å²) < 4.78 is 5.38. The zero-order valence-electron chi connectivity index (χ0n) is 14.5. The maximum atomic E-state index is 12.3. The highest BCUT2D eigenvalue weighted by atomic mass is 32.1. The summed E-state index contributed by atoms with van der Waals surface area (Å²) in [5.74, 6) is 0.181. The molecule has 0 aliphatic carbocycles. The molecular weight excluding hydrogens is 338 g/mol. The fourth-order valence-corrected chi connectivity index (χ4v) is 3.47. The van der Waals surface area contributed by atoms with Crippen LogP contribution in [0.4, 0.5) is 16.2 Å². The molecule has 0 aromatic carbocycles. The average Bonchev–Trinajstić information content (AvgIpc) is 3.07.